The number of carbonyl (C=O) groups excluding carboxylic acids is 1. The van der Waals surface area contributed by atoms with E-state index in [1.807, 2.05) is 0 Å². The van der Waals surface area contributed by atoms with Gasteiger partial charge in [-0.05, 0) is 25.0 Å². The molecule has 0 aliphatic heterocycles. The highest BCUT2D eigenvalue weighted by Gasteiger charge is 2.32. The lowest BCUT2D eigenvalue weighted by Crippen LogP contribution is -2.40. The molecule has 0 aromatic heterocycles. The minimum atomic E-state index is -4.81. The van der Waals surface area contributed by atoms with Gasteiger partial charge in [0, 0.05) is 13.5 Å². The van der Waals surface area contributed by atoms with Crippen LogP contribution in [-0.4, -0.2) is 41.3 Å². The Morgan fingerprint density at radius 2 is 1.91 bits per heavy atom. The average molecular weight is 319 g/mol. The highest BCUT2D eigenvalue weighted by Crippen LogP contribution is 2.27. The first kappa shape index (κ1) is 17.8. The molecule has 1 amide bonds. The first-order chi connectivity index (χ1) is 10.1. The smallest absolute Gasteiger partial charge is 0.480 e. The van der Waals surface area contributed by atoms with Gasteiger partial charge in [-0.15, -0.1) is 13.2 Å². The van der Waals surface area contributed by atoms with Crippen LogP contribution in [0.2, 0.25) is 0 Å². The fourth-order valence-corrected chi connectivity index (χ4v) is 1.73. The average Bonchev–Trinajstić information content (AvgIpc) is 2.42. The monoisotopic (exact) mass is 319 g/mol. The third-order valence-electron chi connectivity index (χ3n) is 3.14. The molecule has 8 heteroatoms. The number of likely N-dealkylation sites (N-methyl/N-ethyl adjacent to an activating group) is 1. The van der Waals surface area contributed by atoms with Gasteiger partial charge >= 0.3 is 12.3 Å². The molecule has 22 heavy (non-hydrogen) atoms. The third-order valence-corrected chi connectivity index (χ3v) is 3.14. The van der Waals surface area contributed by atoms with Crippen LogP contribution in [0.4, 0.5) is 13.2 Å². The molecule has 0 aliphatic rings. The zero-order chi connectivity index (χ0) is 16.9. The van der Waals surface area contributed by atoms with Crippen LogP contribution in [0.25, 0.3) is 0 Å². The Labute approximate surface area is 125 Å². The van der Waals surface area contributed by atoms with E-state index in [2.05, 4.69) is 4.74 Å². The molecular formula is C14H16F3NO4. The zero-order valence-corrected chi connectivity index (χ0v) is 12.1. The molecule has 0 radical (unpaired) electrons. The van der Waals surface area contributed by atoms with E-state index in [-0.39, 0.29) is 24.2 Å². The Kier molecular flexibility index (Phi) is 5.78. The fourth-order valence-electron chi connectivity index (χ4n) is 1.73. The number of hydrogen-bond donors (Lipinski definition) is 1. The van der Waals surface area contributed by atoms with E-state index >= 15 is 0 Å². The maximum absolute atomic E-state index is 12.3. The molecule has 1 N–H and O–H groups in total. The zero-order valence-electron chi connectivity index (χ0n) is 12.1. The molecule has 1 aromatic rings. The van der Waals surface area contributed by atoms with E-state index in [9.17, 15) is 22.8 Å². The second kappa shape index (κ2) is 7.15. The van der Waals surface area contributed by atoms with E-state index in [1.54, 1.807) is 0 Å². The van der Waals surface area contributed by atoms with E-state index in [0.29, 0.717) is 0 Å². The molecule has 1 rings (SSSR count). The largest absolute Gasteiger partial charge is 0.573 e. The summed E-state index contributed by atoms with van der Waals surface area (Å²) >= 11 is 0. The van der Waals surface area contributed by atoms with Crippen LogP contribution in [0.3, 0.4) is 0 Å². The quantitative estimate of drug-likeness (QED) is 0.874. The molecule has 122 valence electrons. The van der Waals surface area contributed by atoms with Gasteiger partial charge in [-0.1, -0.05) is 18.2 Å². The van der Waals surface area contributed by atoms with Crippen LogP contribution >= 0.6 is 0 Å². The van der Waals surface area contributed by atoms with E-state index in [0.717, 1.165) is 11.0 Å². The van der Waals surface area contributed by atoms with Crippen LogP contribution < -0.4 is 4.74 Å². The number of aliphatic carboxylic acids is 1. The number of halogens is 3. The van der Waals surface area contributed by atoms with Crippen molar-refractivity contribution in [1.29, 1.82) is 0 Å². The lowest BCUT2D eigenvalue weighted by molar-refractivity contribution is -0.274. The highest BCUT2D eigenvalue weighted by molar-refractivity contribution is 5.83. The predicted octanol–water partition coefficient (Wildman–Crippen LogP) is 2.45. The van der Waals surface area contributed by atoms with Crippen molar-refractivity contribution in [3.8, 4) is 5.75 Å². The number of rotatable bonds is 6. The third kappa shape index (κ3) is 5.27. The molecule has 0 heterocycles. The molecule has 0 aliphatic carbocycles. The number of aryl methyl sites for hydroxylation is 1. The van der Waals surface area contributed by atoms with Crippen LogP contribution in [0.5, 0.6) is 5.75 Å². The molecule has 0 saturated carbocycles. The number of ether oxygens (including phenoxy) is 1. The van der Waals surface area contributed by atoms with Gasteiger partial charge in [0.25, 0.3) is 0 Å². The molecular weight excluding hydrogens is 303 g/mol. The van der Waals surface area contributed by atoms with Gasteiger partial charge in [0.05, 0.1) is 0 Å². The van der Waals surface area contributed by atoms with Crippen molar-refractivity contribution in [2.45, 2.75) is 32.2 Å². The summed E-state index contributed by atoms with van der Waals surface area (Å²) in [5, 5.41) is 8.82. The first-order valence-corrected chi connectivity index (χ1v) is 6.44. The molecule has 1 aromatic carbocycles. The fraction of sp³-hybridized carbons (Fsp3) is 0.429. The summed E-state index contributed by atoms with van der Waals surface area (Å²) in [5.41, 5.74) is 0.226. The van der Waals surface area contributed by atoms with Crippen molar-refractivity contribution in [2.75, 3.05) is 7.05 Å². The van der Waals surface area contributed by atoms with Crippen molar-refractivity contribution >= 4 is 11.9 Å². The topological polar surface area (TPSA) is 66.8 Å². The van der Waals surface area contributed by atoms with Gasteiger partial charge in [-0.25, -0.2) is 4.79 Å². The molecule has 0 spiro atoms. The molecule has 1 unspecified atom stereocenters. The van der Waals surface area contributed by atoms with Crippen LogP contribution in [0.15, 0.2) is 24.3 Å². The standard InChI is InChI=1S/C14H16F3NO4/c1-9(13(20)21)18(2)12(19)8-7-10-5-3-4-6-11(10)22-14(15,16)17/h3-6,9H,7-8H2,1-2H3,(H,20,21). The van der Waals surface area contributed by atoms with Crippen molar-refractivity contribution in [3.05, 3.63) is 29.8 Å². The number of carboxylic acids is 1. The van der Waals surface area contributed by atoms with Crippen LogP contribution in [0.1, 0.15) is 18.9 Å². The molecule has 0 bridgehead atoms. The van der Waals surface area contributed by atoms with E-state index < -0.39 is 24.3 Å². The van der Waals surface area contributed by atoms with E-state index in [1.165, 1.54) is 32.2 Å². The molecule has 0 fully saturated rings. The SMILES string of the molecule is CC(C(=O)O)N(C)C(=O)CCc1ccccc1OC(F)(F)F. The number of nitrogens with zero attached hydrogens (tertiary/aromatic N) is 1. The Morgan fingerprint density at radius 1 is 1.32 bits per heavy atom. The van der Waals surface area contributed by atoms with Crippen molar-refractivity contribution < 1.29 is 32.6 Å². The second-order valence-electron chi connectivity index (χ2n) is 4.67. The molecule has 0 saturated heterocycles. The minimum absolute atomic E-state index is 0.0156. The van der Waals surface area contributed by atoms with E-state index in [4.69, 9.17) is 5.11 Å². The summed E-state index contributed by atoms with van der Waals surface area (Å²) in [6, 6.07) is 4.51. The number of carbonyl (C=O) groups is 2. The molecule has 1 atom stereocenters. The number of carboxylic acid groups (broad SMARTS) is 1. The maximum Gasteiger partial charge on any atom is 0.573 e. The summed E-state index contributed by atoms with van der Waals surface area (Å²) in [7, 11) is 1.33. The van der Waals surface area contributed by atoms with Crippen LogP contribution in [-0.2, 0) is 16.0 Å². The Hall–Kier alpha value is -2.25. The lowest BCUT2D eigenvalue weighted by atomic mass is 10.1. The van der Waals surface area contributed by atoms with Crippen LogP contribution in [0, 0.1) is 0 Å². The second-order valence-corrected chi connectivity index (χ2v) is 4.67. The van der Waals surface area contributed by atoms with Gasteiger partial charge in [-0.3, -0.25) is 4.79 Å². The maximum atomic E-state index is 12.3. The summed E-state index contributed by atoms with van der Waals surface area (Å²) < 4.78 is 40.7. The Morgan fingerprint density at radius 3 is 2.45 bits per heavy atom. The highest BCUT2D eigenvalue weighted by atomic mass is 19.4. The normalized spacial score (nSPS) is 12.6. The predicted molar refractivity (Wildman–Crippen MR) is 71.3 cm³/mol. The van der Waals surface area contributed by atoms with Crippen molar-refractivity contribution in [1.82, 2.24) is 4.90 Å². The number of amides is 1. The number of alkyl halides is 3. The summed E-state index contributed by atoms with van der Waals surface area (Å²) in [5.74, 6) is -2.00. The van der Waals surface area contributed by atoms with Crippen molar-refractivity contribution in [2.24, 2.45) is 0 Å². The summed E-state index contributed by atoms with van der Waals surface area (Å²) in [4.78, 5) is 23.7. The van der Waals surface area contributed by atoms with Gasteiger partial charge in [0.15, 0.2) is 0 Å². The summed E-state index contributed by atoms with van der Waals surface area (Å²) in [6.07, 6.45) is -4.91. The number of hydrogen-bond acceptors (Lipinski definition) is 3. The minimum Gasteiger partial charge on any atom is -0.480 e. The molecule has 5 nitrogen and oxygen atoms in total. The Balaban J connectivity index is 2.72. The number of para-hydroxylation sites is 1. The Bertz CT molecular complexity index is 545. The van der Waals surface area contributed by atoms with Gasteiger partial charge in [0.1, 0.15) is 11.8 Å². The van der Waals surface area contributed by atoms with Crippen molar-refractivity contribution in [3.63, 3.8) is 0 Å². The number of benzene rings is 1. The van der Waals surface area contributed by atoms with Gasteiger partial charge in [0.2, 0.25) is 5.91 Å². The summed E-state index contributed by atoms with van der Waals surface area (Å²) in [6.45, 7) is 1.35. The first-order valence-electron chi connectivity index (χ1n) is 6.44. The van der Waals surface area contributed by atoms with Gasteiger partial charge in [-0.2, -0.15) is 0 Å². The lowest BCUT2D eigenvalue weighted by Gasteiger charge is -2.21. The van der Waals surface area contributed by atoms with Gasteiger partial charge < -0.3 is 14.7 Å².